The van der Waals surface area contributed by atoms with Gasteiger partial charge in [0.05, 0.1) is 0 Å². The zero-order valence-electron chi connectivity index (χ0n) is 18.3. The van der Waals surface area contributed by atoms with Crippen LogP contribution in [-0.4, -0.2) is 51.9 Å². The molecule has 2 atom stereocenters. The van der Waals surface area contributed by atoms with E-state index in [1.807, 2.05) is 55.4 Å². The lowest BCUT2D eigenvalue weighted by molar-refractivity contribution is -0.133. The number of alkyl halides is 1. The van der Waals surface area contributed by atoms with Crippen molar-refractivity contribution < 1.29 is 29.0 Å². The number of aliphatic carboxylic acids is 1. The number of carboxylic acid groups (broad SMARTS) is 1. The van der Waals surface area contributed by atoms with Crippen molar-refractivity contribution in [2.24, 2.45) is 0 Å². The molecular weight excluding hydrogens is 432 g/mol. The van der Waals surface area contributed by atoms with Crippen molar-refractivity contribution in [3.05, 3.63) is 0 Å². The van der Waals surface area contributed by atoms with Crippen molar-refractivity contribution in [2.45, 2.75) is 97.9 Å². The van der Waals surface area contributed by atoms with Gasteiger partial charge < -0.3 is 25.2 Å². The number of halogens is 1. The first-order valence-electron chi connectivity index (χ1n) is 9.48. The Morgan fingerprint density at radius 2 is 1.18 bits per heavy atom. The molecule has 9 heteroatoms. The van der Waals surface area contributed by atoms with E-state index in [1.165, 1.54) is 0 Å². The molecule has 0 unspecified atom stereocenters. The van der Waals surface area contributed by atoms with Crippen molar-refractivity contribution in [1.29, 1.82) is 0 Å². The molecule has 8 nitrogen and oxygen atoms in total. The number of ether oxygens (including phenoxy) is 2. The van der Waals surface area contributed by atoms with Crippen LogP contribution in [0.4, 0.5) is 9.59 Å². The van der Waals surface area contributed by atoms with Crippen LogP contribution >= 0.6 is 15.9 Å². The SMILES string of the molecule is CC.CC(C)(C)OC(=O)N[C@@H]1CC[C@H](NC(=O)OC(C)(C)C)C1.O=C(O)CBr. The van der Waals surface area contributed by atoms with E-state index in [-0.39, 0.29) is 17.4 Å². The van der Waals surface area contributed by atoms with Crippen molar-refractivity contribution in [1.82, 2.24) is 10.6 Å². The molecule has 0 radical (unpaired) electrons. The van der Waals surface area contributed by atoms with E-state index in [9.17, 15) is 14.4 Å². The Morgan fingerprint density at radius 3 is 1.39 bits per heavy atom. The molecule has 1 fully saturated rings. The largest absolute Gasteiger partial charge is 0.481 e. The molecule has 0 spiro atoms. The minimum Gasteiger partial charge on any atom is -0.481 e. The highest BCUT2D eigenvalue weighted by Crippen LogP contribution is 2.20. The van der Waals surface area contributed by atoms with Crippen LogP contribution in [0.1, 0.15) is 74.7 Å². The summed E-state index contributed by atoms with van der Waals surface area (Å²) in [5.41, 5.74) is -1.01. The fourth-order valence-corrected chi connectivity index (χ4v) is 2.19. The van der Waals surface area contributed by atoms with Gasteiger partial charge in [-0.25, -0.2) is 9.59 Å². The average molecular weight is 469 g/mol. The Kier molecular flexibility index (Phi) is 14.0. The first-order chi connectivity index (χ1) is 12.7. The summed E-state index contributed by atoms with van der Waals surface area (Å²) in [5, 5.41) is 13.4. The molecule has 1 aliphatic rings. The second kappa shape index (κ2) is 13.6. The van der Waals surface area contributed by atoms with Gasteiger partial charge in [0.15, 0.2) is 0 Å². The van der Waals surface area contributed by atoms with Gasteiger partial charge in [0.2, 0.25) is 0 Å². The van der Waals surface area contributed by atoms with Gasteiger partial charge in [-0.15, -0.1) is 0 Å². The molecule has 0 bridgehead atoms. The average Bonchev–Trinajstić information content (AvgIpc) is 2.92. The fraction of sp³-hybridized carbons (Fsp3) is 0.842. The Balaban J connectivity index is 0. The van der Waals surface area contributed by atoms with Crippen molar-refractivity contribution >= 4 is 34.1 Å². The summed E-state index contributed by atoms with van der Waals surface area (Å²) >= 11 is 2.71. The van der Waals surface area contributed by atoms with Gasteiger partial charge in [-0.1, -0.05) is 29.8 Å². The summed E-state index contributed by atoms with van der Waals surface area (Å²) in [7, 11) is 0. The van der Waals surface area contributed by atoms with Crippen LogP contribution in [0.2, 0.25) is 0 Å². The van der Waals surface area contributed by atoms with E-state index in [2.05, 4.69) is 26.6 Å². The lowest BCUT2D eigenvalue weighted by Crippen LogP contribution is -2.41. The highest BCUT2D eigenvalue weighted by Gasteiger charge is 2.29. The van der Waals surface area contributed by atoms with Gasteiger partial charge in [-0.3, -0.25) is 4.79 Å². The van der Waals surface area contributed by atoms with Crippen LogP contribution in [0.3, 0.4) is 0 Å². The number of hydrogen-bond acceptors (Lipinski definition) is 5. The molecule has 1 aliphatic carbocycles. The number of rotatable bonds is 3. The first kappa shape index (κ1) is 28.7. The second-order valence-electron chi connectivity index (χ2n) is 8.03. The van der Waals surface area contributed by atoms with Gasteiger partial charge in [-0.05, 0) is 60.8 Å². The summed E-state index contributed by atoms with van der Waals surface area (Å²) in [6.07, 6.45) is 1.51. The summed E-state index contributed by atoms with van der Waals surface area (Å²) < 4.78 is 10.4. The molecule has 0 saturated heterocycles. The number of carbonyl (C=O) groups is 3. The van der Waals surface area contributed by atoms with Crippen molar-refractivity contribution in [3.63, 3.8) is 0 Å². The van der Waals surface area contributed by atoms with Gasteiger partial charge in [0.25, 0.3) is 0 Å². The number of carbonyl (C=O) groups excluding carboxylic acids is 2. The molecule has 0 aromatic carbocycles. The standard InChI is InChI=1S/C15H28N2O4.C2H3BrO2.C2H6/c1-14(2,3)20-12(18)16-10-7-8-11(9-10)17-13(19)21-15(4,5)6;3-1-2(4)5;1-2/h10-11H,7-9H2,1-6H3,(H,16,18)(H,17,19);1H2,(H,4,5);1-2H3/t10-,11+;;. The predicted molar refractivity (Wildman–Crippen MR) is 113 cm³/mol. The Morgan fingerprint density at radius 1 is 0.893 bits per heavy atom. The van der Waals surface area contributed by atoms with Crippen LogP contribution in [-0.2, 0) is 14.3 Å². The number of amides is 2. The topological polar surface area (TPSA) is 114 Å². The van der Waals surface area contributed by atoms with E-state index < -0.39 is 29.4 Å². The molecule has 0 aliphatic heterocycles. The minimum absolute atomic E-state index is 0.0276. The van der Waals surface area contributed by atoms with Crippen LogP contribution in [0.5, 0.6) is 0 Å². The van der Waals surface area contributed by atoms with Crippen LogP contribution in [0, 0.1) is 0 Å². The molecule has 1 rings (SSSR count). The van der Waals surface area contributed by atoms with Crippen LogP contribution < -0.4 is 10.6 Å². The zero-order valence-corrected chi connectivity index (χ0v) is 19.9. The fourth-order valence-electron chi connectivity index (χ4n) is 2.19. The predicted octanol–water partition coefficient (Wildman–Crippen LogP) is 4.45. The highest BCUT2D eigenvalue weighted by molar-refractivity contribution is 9.09. The van der Waals surface area contributed by atoms with Gasteiger partial charge in [0, 0.05) is 12.1 Å². The normalized spacial score (nSPS) is 18.5. The Labute approximate surface area is 177 Å². The second-order valence-corrected chi connectivity index (χ2v) is 8.59. The van der Waals surface area contributed by atoms with Crippen molar-refractivity contribution in [3.8, 4) is 0 Å². The summed E-state index contributed by atoms with van der Waals surface area (Å²) in [6, 6.07) is 0.0552. The van der Waals surface area contributed by atoms with Crippen LogP contribution in [0.15, 0.2) is 0 Å². The summed E-state index contributed by atoms with van der Waals surface area (Å²) in [5.74, 6) is -0.829. The minimum atomic E-state index is -0.829. The molecular formula is C19H37BrN2O6. The summed E-state index contributed by atoms with van der Waals surface area (Å²) in [6.45, 7) is 15.0. The molecule has 28 heavy (non-hydrogen) atoms. The lowest BCUT2D eigenvalue weighted by atomic mass is 10.2. The first-order valence-corrected chi connectivity index (χ1v) is 10.6. The van der Waals surface area contributed by atoms with Gasteiger partial charge in [0.1, 0.15) is 16.5 Å². The quantitative estimate of drug-likeness (QED) is 0.527. The molecule has 3 N–H and O–H groups in total. The molecule has 0 heterocycles. The number of alkyl carbamates (subject to hydrolysis) is 2. The van der Waals surface area contributed by atoms with Gasteiger partial charge in [-0.2, -0.15) is 0 Å². The Bertz CT molecular complexity index is 450. The highest BCUT2D eigenvalue weighted by atomic mass is 79.9. The Hall–Kier alpha value is -1.51. The third-order valence-corrected chi connectivity index (χ3v) is 3.47. The third kappa shape index (κ3) is 17.9. The molecule has 0 aromatic heterocycles. The molecule has 1 saturated carbocycles. The molecule has 2 amide bonds. The molecule has 0 aromatic rings. The number of hydrogen-bond donors (Lipinski definition) is 3. The van der Waals surface area contributed by atoms with E-state index in [0.29, 0.717) is 6.42 Å². The zero-order chi connectivity index (χ0) is 22.5. The summed E-state index contributed by atoms with van der Waals surface area (Å²) in [4.78, 5) is 32.7. The van der Waals surface area contributed by atoms with E-state index in [1.54, 1.807) is 0 Å². The number of carboxylic acids is 1. The lowest BCUT2D eigenvalue weighted by Gasteiger charge is -2.22. The monoisotopic (exact) mass is 468 g/mol. The van der Waals surface area contributed by atoms with E-state index in [4.69, 9.17) is 14.6 Å². The van der Waals surface area contributed by atoms with Gasteiger partial charge >= 0.3 is 18.2 Å². The third-order valence-electron chi connectivity index (χ3n) is 2.99. The smallest absolute Gasteiger partial charge is 0.407 e. The van der Waals surface area contributed by atoms with Crippen molar-refractivity contribution in [2.75, 3.05) is 5.33 Å². The molecule has 166 valence electrons. The maximum absolute atomic E-state index is 11.7. The number of nitrogens with one attached hydrogen (secondary N) is 2. The maximum atomic E-state index is 11.7. The van der Waals surface area contributed by atoms with E-state index >= 15 is 0 Å². The maximum Gasteiger partial charge on any atom is 0.407 e. The van der Waals surface area contributed by atoms with E-state index in [0.717, 1.165) is 12.8 Å². The van der Waals surface area contributed by atoms with Crippen LogP contribution in [0.25, 0.3) is 0 Å².